The Morgan fingerprint density at radius 3 is 2.95 bits per heavy atom. The Hall–Kier alpha value is -1.26. The zero-order valence-electron chi connectivity index (χ0n) is 12.4. The third kappa shape index (κ3) is 3.50. The fourth-order valence-corrected chi connectivity index (χ4v) is 3.71. The number of nitrogens with zero attached hydrogens (tertiary/aromatic N) is 1. The lowest BCUT2D eigenvalue weighted by Gasteiger charge is -2.35. The molecule has 2 aliphatic rings. The number of halogens is 1. The Morgan fingerprint density at radius 2 is 2.19 bits per heavy atom. The average molecular weight is 308 g/mol. The first-order valence-corrected chi connectivity index (χ1v) is 8.07. The predicted octanol–water partition coefficient (Wildman–Crippen LogP) is 3.34. The fraction of sp³-hybridized carbons (Fsp3) is 0.562. The topological polar surface area (TPSA) is 44.4 Å². The number of hydrogen-bond donors (Lipinski definition) is 2. The van der Waals surface area contributed by atoms with E-state index >= 15 is 0 Å². The number of rotatable bonds is 3. The molecule has 0 aromatic heterocycles. The summed E-state index contributed by atoms with van der Waals surface area (Å²) in [4.78, 5) is 13.7. The lowest BCUT2D eigenvalue weighted by Crippen LogP contribution is -2.42. The predicted molar refractivity (Wildman–Crippen MR) is 87.0 cm³/mol. The maximum absolute atomic E-state index is 11.1. The Balaban J connectivity index is 1.62. The second kappa shape index (κ2) is 6.24. The van der Waals surface area contributed by atoms with Crippen LogP contribution in [0.3, 0.4) is 0 Å². The molecule has 1 aromatic carbocycles. The van der Waals surface area contributed by atoms with Crippen molar-refractivity contribution in [1.29, 1.82) is 0 Å². The number of carbonyl (C=O) groups is 1. The van der Waals surface area contributed by atoms with Gasteiger partial charge < -0.3 is 15.5 Å². The molecule has 1 aromatic rings. The van der Waals surface area contributed by atoms with Crippen LogP contribution >= 0.6 is 11.6 Å². The monoisotopic (exact) mass is 307 g/mol. The minimum atomic E-state index is -0.105. The molecule has 2 N–H and O–H groups in total. The lowest BCUT2D eigenvalue weighted by molar-refractivity contribution is -0.114. The van der Waals surface area contributed by atoms with Gasteiger partial charge in [-0.3, -0.25) is 4.79 Å². The average Bonchev–Trinajstić information content (AvgIpc) is 2.89. The van der Waals surface area contributed by atoms with Crippen molar-refractivity contribution in [2.75, 3.05) is 23.7 Å². The minimum absolute atomic E-state index is 0.105. The normalized spacial score (nSPS) is 25.4. The number of carbonyl (C=O) groups excluding carboxylic acids is 1. The molecule has 2 atom stereocenters. The van der Waals surface area contributed by atoms with E-state index in [1.807, 2.05) is 18.2 Å². The van der Waals surface area contributed by atoms with Crippen molar-refractivity contribution >= 4 is 28.9 Å². The zero-order chi connectivity index (χ0) is 14.8. The van der Waals surface area contributed by atoms with Crippen molar-refractivity contribution in [3.63, 3.8) is 0 Å². The number of benzene rings is 1. The van der Waals surface area contributed by atoms with Crippen LogP contribution in [0, 0.1) is 0 Å². The van der Waals surface area contributed by atoms with Crippen molar-refractivity contribution in [2.45, 2.75) is 44.7 Å². The fourth-order valence-electron chi connectivity index (χ4n) is 3.49. The van der Waals surface area contributed by atoms with Crippen molar-refractivity contribution in [3.05, 3.63) is 23.2 Å². The highest BCUT2D eigenvalue weighted by atomic mass is 35.5. The molecule has 0 spiro atoms. The summed E-state index contributed by atoms with van der Waals surface area (Å²) in [7, 11) is 0. The molecule has 2 saturated heterocycles. The summed E-state index contributed by atoms with van der Waals surface area (Å²) in [5.74, 6) is -0.105. The van der Waals surface area contributed by atoms with Gasteiger partial charge in [-0.2, -0.15) is 0 Å². The standard InChI is InChI=1S/C16H22ClN3O/c1-11(21)18-16-5-4-12(10-15(16)17)19-13-6-8-20-7-2-3-14(20)9-13/h4-5,10,13-14,19H,2-3,6-9H2,1H3,(H,18,21). The Labute approximate surface area is 130 Å². The summed E-state index contributed by atoms with van der Waals surface area (Å²) in [5, 5.41) is 6.90. The minimum Gasteiger partial charge on any atom is -0.382 e. The summed E-state index contributed by atoms with van der Waals surface area (Å²) in [6.07, 6.45) is 5.07. The summed E-state index contributed by atoms with van der Waals surface area (Å²) in [6, 6.07) is 7.01. The smallest absolute Gasteiger partial charge is 0.221 e. The number of hydrogen-bond acceptors (Lipinski definition) is 3. The van der Waals surface area contributed by atoms with Crippen LogP contribution < -0.4 is 10.6 Å². The van der Waals surface area contributed by atoms with Gasteiger partial charge in [0.2, 0.25) is 5.91 Å². The van der Waals surface area contributed by atoms with Crippen LogP contribution in [0.1, 0.15) is 32.6 Å². The molecule has 0 aliphatic carbocycles. The van der Waals surface area contributed by atoms with E-state index in [-0.39, 0.29) is 5.91 Å². The van der Waals surface area contributed by atoms with Gasteiger partial charge in [-0.05, 0) is 50.4 Å². The van der Waals surface area contributed by atoms with Gasteiger partial charge in [0, 0.05) is 31.2 Å². The van der Waals surface area contributed by atoms with Crippen molar-refractivity contribution < 1.29 is 4.79 Å². The Kier molecular flexibility index (Phi) is 4.36. The molecule has 2 heterocycles. The van der Waals surface area contributed by atoms with Gasteiger partial charge in [-0.25, -0.2) is 0 Å². The highest BCUT2D eigenvalue weighted by molar-refractivity contribution is 6.34. The molecular formula is C16H22ClN3O. The van der Waals surface area contributed by atoms with E-state index in [1.54, 1.807) is 0 Å². The largest absolute Gasteiger partial charge is 0.382 e. The third-order valence-electron chi connectivity index (χ3n) is 4.47. The quantitative estimate of drug-likeness (QED) is 0.900. The van der Waals surface area contributed by atoms with E-state index in [2.05, 4.69) is 15.5 Å². The molecule has 2 unspecified atom stereocenters. The highest BCUT2D eigenvalue weighted by Gasteiger charge is 2.31. The van der Waals surface area contributed by atoms with E-state index in [0.29, 0.717) is 16.8 Å². The first-order chi connectivity index (χ1) is 10.1. The molecule has 2 fully saturated rings. The maximum Gasteiger partial charge on any atom is 0.221 e. The zero-order valence-corrected chi connectivity index (χ0v) is 13.1. The number of piperidine rings is 1. The summed E-state index contributed by atoms with van der Waals surface area (Å²) >= 11 is 6.22. The SMILES string of the molecule is CC(=O)Nc1ccc(NC2CCN3CCCC3C2)cc1Cl. The molecule has 114 valence electrons. The van der Waals surface area contributed by atoms with Crippen LogP contribution in [-0.4, -0.2) is 36.0 Å². The number of fused-ring (bicyclic) bond motifs is 1. The van der Waals surface area contributed by atoms with Crippen LogP contribution in [0.25, 0.3) is 0 Å². The van der Waals surface area contributed by atoms with Gasteiger partial charge in [-0.15, -0.1) is 0 Å². The van der Waals surface area contributed by atoms with Crippen LogP contribution in [0.2, 0.25) is 5.02 Å². The van der Waals surface area contributed by atoms with Gasteiger partial charge in [0.05, 0.1) is 10.7 Å². The van der Waals surface area contributed by atoms with Crippen LogP contribution in [0.5, 0.6) is 0 Å². The van der Waals surface area contributed by atoms with E-state index in [0.717, 1.165) is 11.7 Å². The first kappa shape index (κ1) is 14.7. The molecule has 0 radical (unpaired) electrons. The van der Waals surface area contributed by atoms with Crippen molar-refractivity contribution in [3.8, 4) is 0 Å². The molecule has 5 heteroatoms. The van der Waals surface area contributed by atoms with Gasteiger partial charge in [-0.1, -0.05) is 11.6 Å². The van der Waals surface area contributed by atoms with Crippen molar-refractivity contribution in [1.82, 2.24) is 4.90 Å². The number of amides is 1. The summed E-state index contributed by atoms with van der Waals surface area (Å²) in [5.41, 5.74) is 1.70. The van der Waals surface area contributed by atoms with Crippen LogP contribution in [-0.2, 0) is 4.79 Å². The molecule has 4 nitrogen and oxygen atoms in total. The van der Waals surface area contributed by atoms with E-state index in [4.69, 9.17) is 11.6 Å². The van der Waals surface area contributed by atoms with Crippen LogP contribution in [0.4, 0.5) is 11.4 Å². The Morgan fingerprint density at radius 1 is 1.33 bits per heavy atom. The second-order valence-corrected chi connectivity index (χ2v) is 6.48. The Bertz CT molecular complexity index is 534. The van der Waals surface area contributed by atoms with E-state index in [1.165, 1.54) is 45.7 Å². The highest BCUT2D eigenvalue weighted by Crippen LogP contribution is 2.30. The maximum atomic E-state index is 11.1. The van der Waals surface area contributed by atoms with Gasteiger partial charge in [0.1, 0.15) is 0 Å². The summed E-state index contributed by atoms with van der Waals surface area (Å²) in [6.45, 7) is 3.95. The molecule has 3 rings (SSSR count). The first-order valence-electron chi connectivity index (χ1n) is 7.69. The molecule has 1 amide bonds. The van der Waals surface area contributed by atoms with Gasteiger partial charge in [0.15, 0.2) is 0 Å². The number of anilines is 2. The number of nitrogens with one attached hydrogen (secondary N) is 2. The second-order valence-electron chi connectivity index (χ2n) is 6.07. The molecule has 0 saturated carbocycles. The third-order valence-corrected chi connectivity index (χ3v) is 4.78. The molecule has 0 bridgehead atoms. The lowest BCUT2D eigenvalue weighted by atomic mass is 9.97. The summed E-state index contributed by atoms with van der Waals surface area (Å²) < 4.78 is 0. The molecule has 21 heavy (non-hydrogen) atoms. The molecular weight excluding hydrogens is 286 g/mol. The van der Waals surface area contributed by atoms with Crippen LogP contribution in [0.15, 0.2) is 18.2 Å². The molecule has 2 aliphatic heterocycles. The van der Waals surface area contributed by atoms with Gasteiger partial charge >= 0.3 is 0 Å². The van der Waals surface area contributed by atoms with Gasteiger partial charge in [0.25, 0.3) is 0 Å². The van der Waals surface area contributed by atoms with E-state index < -0.39 is 0 Å². The van der Waals surface area contributed by atoms with Crippen molar-refractivity contribution in [2.24, 2.45) is 0 Å². The van der Waals surface area contributed by atoms with E-state index in [9.17, 15) is 4.79 Å².